The van der Waals surface area contributed by atoms with Gasteiger partial charge in [0.2, 0.25) is 11.9 Å². The molecule has 0 fully saturated rings. The first-order chi connectivity index (χ1) is 15.0. The molecule has 9 nitrogen and oxygen atoms in total. The molecule has 0 spiro atoms. The van der Waals surface area contributed by atoms with Crippen LogP contribution in [0.4, 0.5) is 11.6 Å². The second-order valence-corrected chi connectivity index (χ2v) is 7.37. The quantitative estimate of drug-likeness (QED) is 0.382. The highest BCUT2D eigenvalue weighted by Crippen LogP contribution is 2.27. The van der Waals surface area contributed by atoms with Gasteiger partial charge in [0.25, 0.3) is 0 Å². The normalized spacial score (nSPS) is 11.5. The first-order valence-corrected chi connectivity index (χ1v) is 10.5. The maximum absolute atomic E-state index is 12.9. The van der Waals surface area contributed by atoms with Crippen molar-refractivity contribution in [2.45, 2.75) is 24.5 Å². The molecular weight excluding hydrogens is 418 g/mol. The number of hydrogen-bond donors (Lipinski definition) is 2. The molecule has 0 aliphatic heterocycles. The number of hydrogen-bond acceptors (Lipinski definition) is 8. The standard InChI is InChI=1S/C21H23N5O4S/c1-3-17(26-20(22)24-25-21(26)31-13-18(27)29-2)19(28)23-14-9-11-16(12-10-14)30-15-7-5-4-6-8-15/h4-12,17H,3,13H2,1-2H3,(H2,22,24)(H,23,28). The summed E-state index contributed by atoms with van der Waals surface area (Å²) in [6, 6.07) is 15.8. The number of nitrogens with two attached hydrogens (primary N) is 1. The predicted molar refractivity (Wildman–Crippen MR) is 118 cm³/mol. The fourth-order valence-electron chi connectivity index (χ4n) is 2.80. The van der Waals surface area contributed by atoms with Crippen LogP contribution < -0.4 is 15.8 Å². The number of thioether (sulfide) groups is 1. The molecule has 1 amide bonds. The summed E-state index contributed by atoms with van der Waals surface area (Å²) >= 11 is 1.11. The Morgan fingerprint density at radius 2 is 1.77 bits per heavy atom. The van der Waals surface area contributed by atoms with Crippen molar-refractivity contribution in [2.75, 3.05) is 23.9 Å². The fourth-order valence-corrected chi connectivity index (χ4v) is 3.63. The van der Waals surface area contributed by atoms with Crippen LogP contribution in [0.3, 0.4) is 0 Å². The second-order valence-electron chi connectivity index (χ2n) is 6.43. The number of esters is 1. The lowest BCUT2D eigenvalue weighted by Crippen LogP contribution is -2.27. The van der Waals surface area contributed by atoms with Crippen molar-refractivity contribution in [2.24, 2.45) is 0 Å². The van der Waals surface area contributed by atoms with Crippen molar-refractivity contribution in [1.82, 2.24) is 14.8 Å². The molecule has 10 heteroatoms. The SMILES string of the molecule is CCC(C(=O)Nc1ccc(Oc2ccccc2)cc1)n1c(N)nnc1SCC(=O)OC. The smallest absolute Gasteiger partial charge is 0.316 e. The number of ether oxygens (including phenoxy) is 2. The minimum absolute atomic E-state index is 0.0373. The minimum atomic E-state index is -0.643. The van der Waals surface area contributed by atoms with Gasteiger partial charge >= 0.3 is 5.97 Å². The minimum Gasteiger partial charge on any atom is -0.468 e. The van der Waals surface area contributed by atoms with E-state index in [2.05, 4.69) is 20.3 Å². The molecule has 3 N–H and O–H groups in total. The van der Waals surface area contributed by atoms with Crippen LogP contribution in [-0.2, 0) is 14.3 Å². The molecule has 31 heavy (non-hydrogen) atoms. The van der Waals surface area contributed by atoms with Gasteiger partial charge in [-0.25, -0.2) is 0 Å². The van der Waals surface area contributed by atoms with Crippen molar-refractivity contribution in [3.05, 3.63) is 54.6 Å². The number of nitrogen functional groups attached to an aromatic ring is 1. The lowest BCUT2D eigenvalue weighted by molar-refractivity contribution is -0.137. The first-order valence-electron chi connectivity index (χ1n) is 9.55. The topological polar surface area (TPSA) is 121 Å². The zero-order chi connectivity index (χ0) is 22.2. The molecule has 0 bridgehead atoms. The number of amides is 1. The Hall–Kier alpha value is -3.53. The van der Waals surface area contributed by atoms with Gasteiger partial charge in [-0.2, -0.15) is 0 Å². The van der Waals surface area contributed by atoms with Crippen molar-refractivity contribution < 1.29 is 19.1 Å². The fraction of sp³-hybridized carbons (Fsp3) is 0.238. The van der Waals surface area contributed by atoms with E-state index in [0.717, 1.165) is 17.5 Å². The third kappa shape index (κ3) is 5.76. The number of carbonyl (C=O) groups excluding carboxylic acids is 2. The highest BCUT2D eigenvalue weighted by molar-refractivity contribution is 7.99. The van der Waals surface area contributed by atoms with Crippen molar-refractivity contribution in [3.63, 3.8) is 0 Å². The molecule has 3 rings (SSSR count). The number of nitrogens with zero attached hydrogens (tertiary/aromatic N) is 3. The van der Waals surface area contributed by atoms with Gasteiger partial charge in [-0.15, -0.1) is 10.2 Å². The molecule has 0 saturated heterocycles. The van der Waals surface area contributed by atoms with Crippen LogP contribution in [0.1, 0.15) is 19.4 Å². The van der Waals surface area contributed by atoms with Crippen molar-refractivity contribution >= 4 is 35.3 Å². The molecule has 162 valence electrons. The molecule has 1 unspecified atom stereocenters. The summed E-state index contributed by atoms with van der Waals surface area (Å²) in [5, 5.41) is 11.1. The summed E-state index contributed by atoms with van der Waals surface area (Å²) in [5.74, 6) is 0.835. The van der Waals surface area contributed by atoms with E-state index in [4.69, 9.17) is 10.5 Å². The van der Waals surface area contributed by atoms with E-state index < -0.39 is 12.0 Å². The van der Waals surface area contributed by atoms with Crippen molar-refractivity contribution in [1.29, 1.82) is 0 Å². The summed E-state index contributed by atoms with van der Waals surface area (Å²) in [4.78, 5) is 24.4. The summed E-state index contributed by atoms with van der Waals surface area (Å²) in [6.07, 6.45) is 0.453. The number of nitrogens with one attached hydrogen (secondary N) is 1. The van der Waals surface area contributed by atoms with E-state index in [-0.39, 0.29) is 17.6 Å². The third-order valence-corrected chi connectivity index (χ3v) is 5.26. The van der Waals surface area contributed by atoms with Gasteiger partial charge in [0.1, 0.15) is 17.5 Å². The summed E-state index contributed by atoms with van der Waals surface area (Å²) in [7, 11) is 1.31. The Bertz CT molecular complexity index is 1020. The monoisotopic (exact) mass is 441 g/mol. The second kappa shape index (κ2) is 10.5. The molecule has 1 atom stereocenters. The van der Waals surface area contributed by atoms with Crippen LogP contribution in [0.5, 0.6) is 11.5 Å². The molecule has 0 aliphatic carbocycles. The van der Waals surface area contributed by atoms with E-state index in [9.17, 15) is 9.59 Å². The summed E-state index contributed by atoms with van der Waals surface area (Å²) in [5.41, 5.74) is 6.55. The van der Waals surface area contributed by atoms with Gasteiger partial charge in [-0.1, -0.05) is 36.9 Å². The van der Waals surface area contributed by atoms with E-state index in [1.165, 1.54) is 11.7 Å². The Labute approximate surface area is 183 Å². The van der Waals surface area contributed by atoms with Crippen LogP contribution in [-0.4, -0.2) is 39.5 Å². The third-order valence-electron chi connectivity index (χ3n) is 4.34. The molecule has 3 aromatic rings. The zero-order valence-electron chi connectivity index (χ0n) is 17.1. The highest BCUT2D eigenvalue weighted by atomic mass is 32.2. The van der Waals surface area contributed by atoms with Gasteiger partial charge in [-0.3, -0.25) is 14.2 Å². The number of carbonyl (C=O) groups is 2. The molecule has 2 aromatic carbocycles. The highest BCUT2D eigenvalue weighted by Gasteiger charge is 2.25. The number of rotatable bonds is 9. The average molecular weight is 442 g/mol. The zero-order valence-corrected chi connectivity index (χ0v) is 18.0. The Morgan fingerprint density at radius 1 is 1.10 bits per heavy atom. The number of anilines is 2. The molecule has 1 heterocycles. The Morgan fingerprint density at radius 3 is 2.42 bits per heavy atom. The first kappa shape index (κ1) is 22.2. The molecule has 0 radical (unpaired) electrons. The van der Waals surface area contributed by atoms with Gasteiger partial charge in [-0.05, 0) is 42.8 Å². The number of para-hydroxylation sites is 1. The van der Waals surface area contributed by atoms with E-state index in [0.29, 0.717) is 23.0 Å². The lowest BCUT2D eigenvalue weighted by Gasteiger charge is -2.19. The Kier molecular flexibility index (Phi) is 7.50. The van der Waals surface area contributed by atoms with E-state index in [1.54, 1.807) is 24.3 Å². The Balaban J connectivity index is 1.69. The molecule has 0 aliphatic rings. The number of benzene rings is 2. The van der Waals surface area contributed by atoms with Crippen LogP contribution in [0.25, 0.3) is 0 Å². The van der Waals surface area contributed by atoms with Crippen LogP contribution in [0, 0.1) is 0 Å². The van der Waals surface area contributed by atoms with Crippen LogP contribution in [0.15, 0.2) is 59.8 Å². The molecule has 0 saturated carbocycles. The summed E-state index contributed by atoms with van der Waals surface area (Å²) < 4.78 is 11.9. The average Bonchev–Trinajstić information content (AvgIpc) is 3.15. The largest absolute Gasteiger partial charge is 0.468 e. The van der Waals surface area contributed by atoms with Crippen LogP contribution in [0.2, 0.25) is 0 Å². The summed E-state index contributed by atoms with van der Waals surface area (Å²) in [6.45, 7) is 1.86. The maximum atomic E-state index is 12.9. The predicted octanol–water partition coefficient (Wildman–Crippen LogP) is 3.51. The van der Waals surface area contributed by atoms with Gasteiger partial charge in [0, 0.05) is 5.69 Å². The van der Waals surface area contributed by atoms with Crippen molar-refractivity contribution in [3.8, 4) is 11.5 Å². The number of methoxy groups -OCH3 is 1. The van der Waals surface area contributed by atoms with E-state index in [1.807, 2.05) is 37.3 Å². The molecular formula is C21H23N5O4S. The lowest BCUT2D eigenvalue weighted by atomic mass is 10.2. The van der Waals surface area contributed by atoms with Gasteiger partial charge in [0.15, 0.2) is 5.16 Å². The van der Waals surface area contributed by atoms with Crippen LogP contribution >= 0.6 is 11.8 Å². The number of aromatic nitrogens is 3. The maximum Gasteiger partial charge on any atom is 0.316 e. The van der Waals surface area contributed by atoms with Gasteiger partial charge < -0.3 is 20.5 Å². The molecule has 1 aromatic heterocycles. The van der Waals surface area contributed by atoms with E-state index >= 15 is 0 Å². The van der Waals surface area contributed by atoms with Gasteiger partial charge in [0.05, 0.1) is 12.9 Å².